The molecule has 3 rings (SSSR count). The molecule has 2 N–H and O–H groups in total. The van der Waals surface area contributed by atoms with E-state index in [1.807, 2.05) is 12.1 Å². The van der Waals surface area contributed by atoms with Crippen molar-refractivity contribution in [3.8, 4) is 5.75 Å². The number of hydrogen-bond donors (Lipinski definition) is 2. The van der Waals surface area contributed by atoms with Gasteiger partial charge in [-0.2, -0.15) is 11.3 Å². The quantitative estimate of drug-likeness (QED) is 0.333. The summed E-state index contributed by atoms with van der Waals surface area (Å²) in [6, 6.07) is 14.7. The minimum Gasteiger partial charge on any atom is -0.497 e. The second-order valence-electron chi connectivity index (χ2n) is 5.46. The van der Waals surface area contributed by atoms with Gasteiger partial charge in [-0.05, 0) is 56.9 Å². The topological polar surface area (TPSA) is 45.7 Å². The second kappa shape index (κ2) is 9.62. The summed E-state index contributed by atoms with van der Waals surface area (Å²) in [6.07, 6.45) is 0. The first kappa shape index (κ1) is 19.5. The molecule has 0 spiro atoms. The van der Waals surface area contributed by atoms with E-state index in [1.54, 1.807) is 25.5 Å². The van der Waals surface area contributed by atoms with Crippen LogP contribution >= 0.6 is 35.3 Å². The van der Waals surface area contributed by atoms with Gasteiger partial charge in [0.15, 0.2) is 5.96 Å². The van der Waals surface area contributed by atoms with E-state index in [9.17, 15) is 0 Å². The van der Waals surface area contributed by atoms with E-state index in [4.69, 9.17) is 4.74 Å². The molecule has 0 fully saturated rings. The Morgan fingerprint density at radius 1 is 1.00 bits per heavy atom. The van der Waals surface area contributed by atoms with Crippen molar-refractivity contribution < 1.29 is 4.74 Å². The van der Waals surface area contributed by atoms with E-state index in [0.29, 0.717) is 0 Å². The number of methoxy groups -OCH3 is 1. The van der Waals surface area contributed by atoms with E-state index >= 15 is 0 Å². The Morgan fingerprint density at radius 2 is 1.72 bits per heavy atom. The van der Waals surface area contributed by atoms with E-state index in [2.05, 4.69) is 56.7 Å². The second-order valence-corrected chi connectivity index (χ2v) is 6.24. The third-order valence-electron chi connectivity index (χ3n) is 3.84. The van der Waals surface area contributed by atoms with Crippen LogP contribution in [0.3, 0.4) is 0 Å². The number of hydrogen-bond acceptors (Lipinski definition) is 3. The number of nitrogens with one attached hydrogen (secondary N) is 2. The van der Waals surface area contributed by atoms with Crippen molar-refractivity contribution in [2.24, 2.45) is 4.99 Å². The summed E-state index contributed by atoms with van der Waals surface area (Å²) < 4.78 is 5.27. The predicted octanol–water partition coefficient (Wildman–Crippen LogP) is 4.39. The highest BCUT2D eigenvalue weighted by molar-refractivity contribution is 14.0. The highest BCUT2D eigenvalue weighted by Gasteiger charge is 2.02. The Morgan fingerprint density at radius 3 is 2.40 bits per heavy atom. The number of nitrogens with zero attached hydrogens (tertiary/aromatic N) is 1. The average molecular weight is 467 g/mol. The number of fused-ring (bicyclic) bond motifs is 1. The van der Waals surface area contributed by atoms with Crippen LogP contribution in [0, 0.1) is 0 Å². The zero-order chi connectivity index (χ0) is 16.8. The van der Waals surface area contributed by atoms with Crippen molar-refractivity contribution in [3.05, 3.63) is 64.4 Å². The molecule has 0 aliphatic rings. The number of guanidine groups is 1. The first-order valence-electron chi connectivity index (χ1n) is 7.81. The number of thiophene rings is 1. The van der Waals surface area contributed by atoms with Crippen LogP contribution in [0.1, 0.15) is 11.1 Å². The van der Waals surface area contributed by atoms with Crippen molar-refractivity contribution in [1.82, 2.24) is 10.6 Å². The first-order valence-corrected chi connectivity index (χ1v) is 8.75. The summed E-state index contributed by atoms with van der Waals surface area (Å²) in [6.45, 7) is 1.51. The van der Waals surface area contributed by atoms with Crippen LogP contribution in [0.5, 0.6) is 5.75 Å². The molecule has 132 valence electrons. The van der Waals surface area contributed by atoms with Crippen molar-refractivity contribution in [2.45, 2.75) is 13.1 Å². The van der Waals surface area contributed by atoms with E-state index in [0.717, 1.165) is 24.8 Å². The normalized spacial score (nSPS) is 11.0. The summed E-state index contributed by atoms with van der Waals surface area (Å²) in [7, 11) is 3.48. The van der Waals surface area contributed by atoms with Gasteiger partial charge >= 0.3 is 0 Å². The van der Waals surface area contributed by atoms with Gasteiger partial charge in [-0.1, -0.05) is 18.2 Å². The van der Waals surface area contributed by atoms with Gasteiger partial charge in [-0.15, -0.1) is 24.0 Å². The standard InChI is InChI=1S/C19H21N3OS.HI/c1-20-19(22-12-15-7-8-24-13-15)21-11-14-3-4-17-10-18(23-2)6-5-16(17)9-14;/h3-10,13H,11-12H2,1-2H3,(H2,20,21,22);1H. The highest BCUT2D eigenvalue weighted by atomic mass is 127. The molecule has 6 heteroatoms. The van der Waals surface area contributed by atoms with Gasteiger partial charge < -0.3 is 15.4 Å². The van der Waals surface area contributed by atoms with Crippen LogP contribution in [-0.2, 0) is 13.1 Å². The SMILES string of the molecule is CN=C(NCc1ccsc1)NCc1ccc2cc(OC)ccc2c1.I. The molecule has 0 radical (unpaired) electrons. The zero-order valence-corrected chi connectivity index (χ0v) is 17.4. The third kappa shape index (κ3) is 5.34. The summed E-state index contributed by atoms with van der Waals surface area (Å²) >= 11 is 1.70. The molecule has 0 unspecified atom stereocenters. The Hall–Kier alpha value is -1.80. The monoisotopic (exact) mass is 467 g/mol. The minimum absolute atomic E-state index is 0. The molecule has 1 aromatic heterocycles. The molecule has 0 amide bonds. The van der Waals surface area contributed by atoms with Gasteiger partial charge in [0, 0.05) is 20.1 Å². The van der Waals surface area contributed by atoms with Gasteiger partial charge in [0.25, 0.3) is 0 Å². The Balaban J connectivity index is 0.00000225. The van der Waals surface area contributed by atoms with Crippen LogP contribution in [0.4, 0.5) is 0 Å². The number of rotatable bonds is 5. The maximum absolute atomic E-state index is 5.27. The van der Waals surface area contributed by atoms with E-state index in [1.165, 1.54) is 21.9 Å². The fraction of sp³-hybridized carbons (Fsp3) is 0.211. The molecule has 4 nitrogen and oxygen atoms in total. The molecule has 3 aromatic rings. The number of benzene rings is 2. The molecule has 1 heterocycles. The van der Waals surface area contributed by atoms with Crippen molar-refractivity contribution >= 4 is 52.0 Å². The molecule has 25 heavy (non-hydrogen) atoms. The van der Waals surface area contributed by atoms with E-state index < -0.39 is 0 Å². The van der Waals surface area contributed by atoms with Crippen molar-refractivity contribution in [2.75, 3.05) is 14.2 Å². The Kier molecular flexibility index (Phi) is 7.52. The van der Waals surface area contributed by atoms with Gasteiger partial charge in [0.1, 0.15) is 5.75 Å². The van der Waals surface area contributed by atoms with Crippen molar-refractivity contribution in [3.63, 3.8) is 0 Å². The smallest absolute Gasteiger partial charge is 0.191 e. The lowest BCUT2D eigenvalue weighted by atomic mass is 10.1. The number of halogens is 1. The van der Waals surface area contributed by atoms with Crippen LogP contribution < -0.4 is 15.4 Å². The molecule has 0 aliphatic heterocycles. The lowest BCUT2D eigenvalue weighted by Gasteiger charge is -2.12. The van der Waals surface area contributed by atoms with Crippen molar-refractivity contribution in [1.29, 1.82) is 0 Å². The molecule has 0 atom stereocenters. The highest BCUT2D eigenvalue weighted by Crippen LogP contribution is 2.21. The molecule has 2 aromatic carbocycles. The first-order chi connectivity index (χ1) is 11.8. The van der Waals surface area contributed by atoms with Crippen LogP contribution in [0.15, 0.2) is 58.2 Å². The largest absolute Gasteiger partial charge is 0.497 e. The maximum Gasteiger partial charge on any atom is 0.191 e. The summed E-state index contributed by atoms with van der Waals surface area (Å²) in [5.74, 6) is 1.68. The van der Waals surface area contributed by atoms with Gasteiger partial charge in [0.05, 0.1) is 7.11 Å². The third-order valence-corrected chi connectivity index (χ3v) is 4.57. The molecule has 0 saturated heterocycles. The predicted molar refractivity (Wildman–Crippen MR) is 117 cm³/mol. The summed E-state index contributed by atoms with van der Waals surface area (Å²) in [5.41, 5.74) is 2.48. The molecular formula is C19H22IN3OS. The van der Waals surface area contributed by atoms with E-state index in [-0.39, 0.29) is 24.0 Å². The maximum atomic E-state index is 5.27. The molecular weight excluding hydrogens is 445 g/mol. The summed E-state index contributed by atoms with van der Waals surface area (Å²) in [5, 5.41) is 13.3. The zero-order valence-electron chi connectivity index (χ0n) is 14.3. The fourth-order valence-corrected chi connectivity index (χ4v) is 3.16. The molecule has 0 bridgehead atoms. The molecule has 0 aliphatic carbocycles. The fourth-order valence-electron chi connectivity index (χ4n) is 2.50. The lowest BCUT2D eigenvalue weighted by molar-refractivity contribution is 0.415. The molecule has 0 saturated carbocycles. The number of ether oxygens (including phenoxy) is 1. The van der Waals surface area contributed by atoms with Gasteiger partial charge in [-0.3, -0.25) is 4.99 Å². The summed E-state index contributed by atoms with van der Waals surface area (Å²) in [4.78, 5) is 4.27. The lowest BCUT2D eigenvalue weighted by Crippen LogP contribution is -2.36. The minimum atomic E-state index is 0. The Bertz CT molecular complexity index is 834. The number of aliphatic imine (C=N–C) groups is 1. The van der Waals surface area contributed by atoms with Crippen LogP contribution in [0.25, 0.3) is 10.8 Å². The van der Waals surface area contributed by atoms with Crippen LogP contribution in [0.2, 0.25) is 0 Å². The average Bonchev–Trinajstić information content (AvgIpc) is 3.14. The Labute approximate surface area is 169 Å². The van der Waals surface area contributed by atoms with Gasteiger partial charge in [-0.25, -0.2) is 0 Å². The van der Waals surface area contributed by atoms with Crippen LogP contribution in [-0.4, -0.2) is 20.1 Å². The van der Waals surface area contributed by atoms with Gasteiger partial charge in [0.2, 0.25) is 0 Å².